The molecule has 0 aliphatic carbocycles. The van der Waals surface area contributed by atoms with Crippen molar-refractivity contribution in [3.8, 4) is 11.6 Å². The van der Waals surface area contributed by atoms with Crippen LogP contribution in [0.25, 0.3) is 11.6 Å². The van der Waals surface area contributed by atoms with Gasteiger partial charge in [0.05, 0.1) is 5.01 Å². The van der Waals surface area contributed by atoms with Gasteiger partial charge in [-0.2, -0.15) is 4.98 Å². The summed E-state index contributed by atoms with van der Waals surface area (Å²) in [5.41, 5.74) is 11.4. The fourth-order valence-electron chi connectivity index (χ4n) is 0.986. The highest BCUT2D eigenvalue weighted by molar-refractivity contribution is 7.09. The smallest absolute Gasteiger partial charge is 0.278 e. The molecule has 0 bridgehead atoms. The molecule has 7 heteroatoms. The maximum atomic E-state index is 5.41. The van der Waals surface area contributed by atoms with Crippen molar-refractivity contribution in [2.24, 2.45) is 5.73 Å². The average Bonchev–Trinajstić information content (AvgIpc) is 2.74. The van der Waals surface area contributed by atoms with E-state index in [2.05, 4.69) is 15.1 Å². The predicted molar refractivity (Wildman–Crippen MR) is 52.6 cm³/mol. The molecule has 0 aliphatic heterocycles. The Morgan fingerprint density at radius 3 is 2.93 bits per heavy atom. The van der Waals surface area contributed by atoms with E-state index in [9.17, 15) is 0 Å². The first kappa shape index (κ1) is 9.10. The molecule has 0 atom stereocenters. The van der Waals surface area contributed by atoms with Crippen molar-refractivity contribution in [1.29, 1.82) is 0 Å². The van der Waals surface area contributed by atoms with Crippen molar-refractivity contribution in [1.82, 2.24) is 15.1 Å². The third-order valence-electron chi connectivity index (χ3n) is 1.57. The Morgan fingerprint density at radius 1 is 1.43 bits per heavy atom. The molecule has 0 aromatic carbocycles. The van der Waals surface area contributed by atoms with E-state index in [1.165, 1.54) is 11.3 Å². The summed E-state index contributed by atoms with van der Waals surface area (Å²) >= 11 is 1.52. The van der Waals surface area contributed by atoms with Crippen LogP contribution in [0.1, 0.15) is 5.01 Å². The first-order valence-electron chi connectivity index (χ1n) is 4.03. The molecule has 4 N–H and O–H groups in total. The van der Waals surface area contributed by atoms with Crippen LogP contribution in [-0.2, 0) is 6.42 Å². The zero-order valence-corrected chi connectivity index (χ0v) is 8.12. The number of nitrogens with zero attached hydrogens (tertiary/aromatic N) is 3. The summed E-state index contributed by atoms with van der Waals surface area (Å²) in [5.74, 6) is 0.468. The standard InChI is InChI=1S/C7H9N5OS/c8-2-1-5-10-4(3-14-5)6-11-7(9)12-13-6/h3H,1-2,8H2,(H2,9,12). The number of nitrogens with two attached hydrogens (primary N) is 2. The van der Waals surface area contributed by atoms with Crippen LogP contribution in [0.15, 0.2) is 9.90 Å². The minimum absolute atomic E-state index is 0.119. The Hall–Kier alpha value is -1.47. The summed E-state index contributed by atoms with van der Waals surface area (Å²) < 4.78 is 4.87. The number of nitrogen functional groups attached to an aromatic ring is 1. The molecule has 0 saturated carbocycles. The van der Waals surface area contributed by atoms with Gasteiger partial charge < -0.3 is 16.0 Å². The molecule has 14 heavy (non-hydrogen) atoms. The third-order valence-corrected chi connectivity index (χ3v) is 2.48. The molecular formula is C7H9N5OS. The molecule has 2 heterocycles. The minimum Gasteiger partial charge on any atom is -0.365 e. The van der Waals surface area contributed by atoms with E-state index in [1.54, 1.807) is 0 Å². The van der Waals surface area contributed by atoms with Gasteiger partial charge >= 0.3 is 0 Å². The Kier molecular flexibility index (Phi) is 2.42. The highest BCUT2D eigenvalue weighted by Crippen LogP contribution is 2.20. The summed E-state index contributed by atoms with van der Waals surface area (Å²) in [4.78, 5) is 8.14. The molecule has 0 amide bonds. The maximum Gasteiger partial charge on any atom is 0.278 e. The summed E-state index contributed by atoms with van der Waals surface area (Å²) in [6, 6.07) is 0. The zero-order chi connectivity index (χ0) is 9.97. The lowest BCUT2D eigenvalue weighted by atomic mass is 10.4. The van der Waals surface area contributed by atoms with E-state index in [4.69, 9.17) is 16.0 Å². The van der Waals surface area contributed by atoms with Gasteiger partial charge in [-0.3, -0.25) is 0 Å². The molecule has 0 radical (unpaired) electrons. The normalized spacial score (nSPS) is 10.6. The Bertz CT molecular complexity index is 423. The highest BCUT2D eigenvalue weighted by atomic mass is 32.1. The van der Waals surface area contributed by atoms with Gasteiger partial charge in [-0.15, -0.1) is 11.3 Å². The van der Waals surface area contributed by atoms with Gasteiger partial charge in [0.25, 0.3) is 11.8 Å². The molecule has 2 aromatic rings. The first-order valence-corrected chi connectivity index (χ1v) is 4.91. The molecule has 0 unspecified atom stereocenters. The number of hydrogen-bond donors (Lipinski definition) is 2. The molecule has 2 rings (SSSR count). The first-order chi connectivity index (χ1) is 6.79. The average molecular weight is 211 g/mol. The van der Waals surface area contributed by atoms with Crippen molar-refractivity contribution >= 4 is 17.3 Å². The van der Waals surface area contributed by atoms with Crippen molar-refractivity contribution < 1.29 is 4.52 Å². The topological polar surface area (TPSA) is 104 Å². The second kappa shape index (κ2) is 3.72. The summed E-state index contributed by atoms with van der Waals surface area (Å²) in [6.07, 6.45) is 0.758. The van der Waals surface area contributed by atoms with Gasteiger partial charge in [0.1, 0.15) is 5.69 Å². The molecule has 6 nitrogen and oxygen atoms in total. The summed E-state index contributed by atoms with van der Waals surface area (Å²) in [5, 5.41) is 6.28. The quantitative estimate of drug-likeness (QED) is 0.755. The Balaban J connectivity index is 2.24. The predicted octanol–water partition coefficient (Wildman–Crippen LogP) is 0.276. The zero-order valence-electron chi connectivity index (χ0n) is 7.30. The SMILES string of the molecule is NCCc1nc(-c2nc(N)no2)cs1. The van der Waals surface area contributed by atoms with Gasteiger partial charge in [0.15, 0.2) is 0 Å². The Morgan fingerprint density at radius 2 is 2.29 bits per heavy atom. The van der Waals surface area contributed by atoms with E-state index < -0.39 is 0 Å². The van der Waals surface area contributed by atoms with E-state index in [-0.39, 0.29) is 5.95 Å². The van der Waals surface area contributed by atoms with Crippen molar-refractivity contribution in [2.45, 2.75) is 6.42 Å². The minimum atomic E-state index is 0.119. The fourth-order valence-corrected chi connectivity index (χ4v) is 1.77. The van der Waals surface area contributed by atoms with Gasteiger partial charge in [0, 0.05) is 11.8 Å². The van der Waals surface area contributed by atoms with Crippen molar-refractivity contribution in [2.75, 3.05) is 12.3 Å². The lowest BCUT2D eigenvalue weighted by Gasteiger charge is -1.87. The van der Waals surface area contributed by atoms with Crippen LogP contribution >= 0.6 is 11.3 Å². The molecule has 2 aromatic heterocycles. The number of aromatic nitrogens is 3. The van der Waals surface area contributed by atoms with Crippen LogP contribution in [0.4, 0.5) is 5.95 Å². The van der Waals surface area contributed by atoms with Gasteiger partial charge in [-0.25, -0.2) is 4.98 Å². The monoisotopic (exact) mass is 211 g/mol. The molecule has 74 valence electrons. The number of thiazole rings is 1. The summed E-state index contributed by atoms with van der Waals surface area (Å²) in [7, 11) is 0. The third kappa shape index (κ3) is 1.73. The largest absolute Gasteiger partial charge is 0.365 e. The second-order valence-corrected chi connectivity index (χ2v) is 3.57. The van der Waals surface area contributed by atoms with E-state index in [0.29, 0.717) is 18.1 Å². The molecule has 0 aliphatic rings. The maximum absolute atomic E-state index is 5.41. The van der Waals surface area contributed by atoms with Crippen molar-refractivity contribution in [3.05, 3.63) is 10.4 Å². The van der Waals surface area contributed by atoms with Crippen LogP contribution < -0.4 is 11.5 Å². The summed E-state index contributed by atoms with van der Waals surface area (Å²) in [6.45, 7) is 0.582. The highest BCUT2D eigenvalue weighted by Gasteiger charge is 2.10. The van der Waals surface area contributed by atoms with Gasteiger partial charge in [-0.1, -0.05) is 0 Å². The van der Waals surface area contributed by atoms with Crippen LogP contribution in [-0.4, -0.2) is 21.7 Å². The van der Waals surface area contributed by atoms with Crippen LogP contribution in [0.2, 0.25) is 0 Å². The number of rotatable bonds is 3. The number of anilines is 1. The Labute approximate surface area is 83.9 Å². The van der Waals surface area contributed by atoms with E-state index >= 15 is 0 Å². The van der Waals surface area contributed by atoms with Crippen molar-refractivity contribution in [3.63, 3.8) is 0 Å². The number of hydrogen-bond acceptors (Lipinski definition) is 7. The second-order valence-electron chi connectivity index (χ2n) is 2.62. The van der Waals surface area contributed by atoms with E-state index in [0.717, 1.165) is 11.4 Å². The molecular weight excluding hydrogens is 202 g/mol. The van der Waals surface area contributed by atoms with Crippen LogP contribution in [0.3, 0.4) is 0 Å². The van der Waals surface area contributed by atoms with Crippen LogP contribution in [0, 0.1) is 0 Å². The van der Waals surface area contributed by atoms with Crippen LogP contribution in [0.5, 0.6) is 0 Å². The fraction of sp³-hybridized carbons (Fsp3) is 0.286. The lowest BCUT2D eigenvalue weighted by molar-refractivity contribution is 0.432. The molecule has 0 saturated heterocycles. The van der Waals surface area contributed by atoms with Gasteiger partial charge in [0.2, 0.25) is 0 Å². The lowest BCUT2D eigenvalue weighted by Crippen LogP contribution is -2.01. The van der Waals surface area contributed by atoms with E-state index in [1.807, 2.05) is 5.38 Å². The molecule has 0 fully saturated rings. The molecule has 0 spiro atoms. The van der Waals surface area contributed by atoms with Gasteiger partial charge in [-0.05, 0) is 11.7 Å².